The third kappa shape index (κ3) is 4.18. The lowest BCUT2D eigenvalue weighted by atomic mass is 10.1. The number of amides is 1. The maximum atomic E-state index is 12.5. The van der Waals surface area contributed by atoms with Gasteiger partial charge in [-0.05, 0) is 97.0 Å². The van der Waals surface area contributed by atoms with Crippen LogP contribution >= 0.6 is 22.6 Å². The van der Waals surface area contributed by atoms with Crippen molar-refractivity contribution in [3.63, 3.8) is 0 Å². The van der Waals surface area contributed by atoms with Gasteiger partial charge in [0, 0.05) is 26.3 Å². The van der Waals surface area contributed by atoms with E-state index in [0.717, 1.165) is 22.6 Å². The zero-order valence-electron chi connectivity index (χ0n) is 16.0. The quantitative estimate of drug-likeness (QED) is 0.302. The SMILES string of the molecule is Cc1cc(-n2c(C)cc(/C=C(/C#N)C(=O)Nc3ccccc3)c2C)ccc1I. The van der Waals surface area contributed by atoms with E-state index in [1.807, 2.05) is 44.2 Å². The minimum Gasteiger partial charge on any atom is -0.321 e. The summed E-state index contributed by atoms with van der Waals surface area (Å²) in [7, 11) is 0. The van der Waals surface area contributed by atoms with Crippen molar-refractivity contribution in [2.75, 3.05) is 5.32 Å². The molecule has 0 unspecified atom stereocenters. The van der Waals surface area contributed by atoms with Gasteiger partial charge in [-0.1, -0.05) is 18.2 Å². The van der Waals surface area contributed by atoms with E-state index in [-0.39, 0.29) is 5.57 Å². The lowest BCUT2D eigenvalue weighted by Crippen LogP contribution is -2.13. The van der Waals surface area contributed by atoms with Crippen LogP contribution in [0.15, 0.2) is 60.2 Å². The molecule has 0 atom stereocenters. The lowest BCUT2D eigenvalue weighted by molar-refractivity contribution is -0.112. The summed E-state index contributed by atoms with van der Waals surface area (Å²) in [5, 5.41) is 12.3. The largest absolute Gasteiger partial charge is 0.321 e. The molecule has 3 aromatic rings. The van der Waals surface area contributed by atoms with E-state index in [4.69, 9.17) is 0 Å². The van der Waals surface area contributed by atoms with E-state index in [1.54, 1.807) is 18.2 Å². The van der Waals surface area contributed by atoms with Crippen LogP contribution in [0.4, 0.5) is 5.69 Å². The van der Waals surface area contributed by atoms with Crippen molar-refractivity contribution < 1.29 is 4.79 Å². The molecule has 28 heavy (non-hydrogen) atoms. The molecule has 1 N–H and O–H groups in total. The predicted octanol–water partition coefficient (Wildman–Crippen LogP) is 5.55. The molecule has 0 saturated carbocycles. The molecular formula is C23H20IN3O. The van der Waals surface area contributed by atoms with Gasteiger partial charge in [0.2, 0.25) is 0 Å². The van der Waals surface area contributed by atoms with Gasteiger partial charge in [-0.25, -0.2) is 0 Å². The topological polar surface area (TPSA) is 57.8 Å². The van der Waals surface area contributed by atoms with Gasteiger partial charge >= 0.3 is 0 Å². The number of aromatic nitrogens is 1. The molecule has 4 nitrogen and oxygen atoms in total. The lowest BCUT2D eigenvalue weighted by Gasteiger charge is -2.11. The van der Waals surface area contributed by atoms with E-state index in [9.17, 15) is 10.1 Å². The first-order valence-electron chi connectivity index (χ1n) is 8.84. The van der Waals surface area contributed by atoms with Gasteiger partial charge in [0.15, 0.2) is 0 Å². The summed E-state index contributed by atoms with van der Waals surface area (Å²) in [6.07, 6.45) is 1.65. The Hall–Kier alpha value is -2.85. The molecule has 1 heterocycles. The van der Waals surface area contributed by atoms with Crippen LogP contribution in [-0.2, 0) is 4.79 Å². The number of hydrogen-bond acceptors (Lipinski definition) is 2. The summed E-state index contributed by atoms with van der Waals surface area (Å²) < 4.78 is 3.35. The molecule has 0 fully saturated rings. The predicted molar refractivity (Wildman–Crippen MR) is 121 cm³/mol. The van der Waals surface area contributed by atoms with Crippen LogP contribution in [0, 0.1) is 35.7 Å². The third-order valence-corrected chi connectivity index (χ3v) is 5.78. The van der Waals surface area contributed by atoms with Gasteiger partial charge in [-0.2, -0.15) is 5.26 Å². The fourth-order valence-corrected chi connectivity index (χ4v) is 3.46. The summed E-state index contributed by atoms with van der Waals surface area (Å²) in [6, 6.07) is 19.5. The number of halogens is 1. The van der Waals surface area contributed by atoms with E-state index >= 15 is 0 Å². The number of nitrogens with zero attached hydrogens (tertiary/aromatic N) is 2. The molecule has 0 spiro atoms. The van der Waals surface area contributed by atoms with Gasteiger partial charge in [0.05, 0.1) is 0 Å². The molecule has 140 valence electrons. The molecule has 0 radical (unpaired) electrons. The van der Waals surface area contributed by atoms with Crippen molar-refractivity contribution in [3.8, 4) is 11.8 Å². The van der Waals surface area contributed by atoms with Crippen molar-refractivity contribution in [2.24, 2.45) is 0 Å². The number of aryl methyl sites for hydroxylation is 2. The highest BCUT2D eigenvalue weighted by molar-refractivity contribution is 14.1. The average molecular weight is 481 g/mol. The number of nitrogens with one attached hydrogen (secondary N) is 1. The minimum absolute atomic E-state index is 0.0721. The standard InChI is InChI=1S/C23H20IN3O/c1-15-11-21(9-10-22(15)24)27-16(2)12-18(17(27)3)13-19(14-25)23(28)26-20-7-5-4-6-8-20/h4-13H,1-3H3,(H,26,28)/b19-13-. The highest BCUT2D eigenvalue weighted by Crippen LogP contribution is 2.25. The summed E-state index contributed by atoms with van der Waals surface area (Å²) in [6.45, 7) is 6.10. The number of carbonyl (C=O) groups is 1. The number of rotatable bonds is 4. The first kappa shape index (κ1) is 19.9. The number of carbonyl (C=O) groups excluding carboxylic acids is 1. The second-order valence-corrected chi connectivity index (χ2v) is 7.75. The molecular weight excluding hydrogens is 461 g/mol. The van der Waals surface area contributed by atoms with Gasteiger partial charge < -0.3 is 9.88 Å². The third-order valence-electron chi connectivity index (χ3n) is 4.57. The van der Waals surface area contributed by atoms with Gasteiger partial charge in [0.1, 0.15) is 11.6 Å². The average Bonchev–Trinajstić information content (AvgIpc) is 2.96. The molecule has 5 heteroatoms. The Labute approximate surface area is 178 Å². The second-order valence-electron chi connectivity index (χ2n) is 6.59. The summed E-state index contributed by atoms with van der Waals surface area (Å²) in [4.78, 5) is 12.5. The van der Waals surface area contributed by atoms with Crippen molar-refractivity contribution in [1.29, 1.82) is 5.26 Å². The molecule has 0 aliphatic rings. The Bertz CT molecular complexity index is 1100. The Morgan fingerprint density at radius 1 is 1.11 bits per heavy atom. The Kier molecular flexibility index (Phi) is 6.00. The monoisotopic (exact) mass is 481 g/mol. The number of benzene rings is 2. The normalized spacial score (nSPS) is 11.2. The second kappa shape index (κ2) is 8.44. The van der Waals surface area contributed by atoms with E-state index in [1.165, 1.54) is 9.13 Å². The molecule has 0 aliphatic carbocycles. The number of anilines is 1. The van der Waals surface area contributed by atoms with Crippen LogP contribution in [0.25, 0.3) is 11.8 Å². The molecule has 3 rings (SSSR count). The zero-order valence-corrected chi connectivity index (χ0v) is 18.1. The highest BCUT2D eigenvalue weighted by atomic mass is 127. The summed E-state index contributed by atoms with van der Waals surface area (Å²) in [5.41, 5.74) is 5.90. The molecule has 1 amide bonds. The number of hydrogen-bond donors (Lipinski definition) is 1. The number of para-hydroxylation sites is 1. The van der Waals surface area contributed by atoms with Crippen LogP contribution < -0.4 is 5.32 Å². The van der Waals surface area contributed by atoms with Crippen LogP contribution in [0.5, 0.6) is 0 Å². The van der Waals surface area contributed by atoms with Crippen molar-refractivity contribution in [1.82, 2.24) is 4.57 Å². The first-order valence-corrected chi connectivity index (χ1v) is 9.92. The van der Waals surface area contributed by atoms with Gasteiger partial charge in [-0.15, -0.1) is 0 Å². The number of nitriles is 1. The summed E-state index contributed by atoms with van der Waals surface area (Å²) in [5.74, 6) is -0.413. The van der Waals surface area contributed by atoms with Gasteiger partial charge in [-0.3, -0.25) is 4.79 Å². The van der Waals surface area contributed by atoms with E-state index in [0.29, 0.717) is 5.69 Å². The maximum Gasteiger partial charge on any atom is 0.266 e. The molecule has 0 aliphatic heterocycles. The molecule has 0 saturated heterocycles. The Morgan fingerprint density at radius 3 is 2.46 bits per heavy atom. The van der Waals surface area contributed by atoms with Crippen molar-refractivity contribution in [3.05, 3.63) is 86.3 Å². The molecule has 0 bridgehead atoms. The van der Waals surface area contributed by atoms with Crippen LogP contribution in [-0.4, -0.2) is 10.5 Å². The molecule has 1 aromatic heterocycles. The van der Waals surface area contributed by atoms with E-state index < -0.39 is 5.91 Å². The highest BCUT2D eigenvalue weighted by Gasteiger charge is 2.14. The Morgan fingerprint density at radius 2 is 1.82 bits per heavy atom. The fraction of sp³-hybridized carbons (Fsp3) is 0.130. The summed E-state index contributed by atoms with van der Waals surface area (Å²) >= 11 is 2.32. The van der Waals surface area contributed by atoms with Crippen LogP contribution in [0.1, 0.15) is 22.5 Å². The molecule has 2 aromatic carbocycles. The van der Waals surface area contributed by atoms with Crippen molar-refractivity contribution in [2.45, 2.75) is 20.8 Å². The van der Waals surface area contributed by atoms with E-state index in [2.05, 4.69) is 57.6 Å². The smallest absolute Gasteiger partial charge is 0.266 e. The van der Waals surface area contributed by atoms with Crippen molar-refractivity contribution >= 4 is 40.3 Å². The van der Waals surface area contributed by atoms with Gasteiger partial charge in [0.25, 0.3) is 5.91 Å². The fourth-order valence-electron chi connectivity index (χ4n) is 3.12. The van der Waals surface area contributed by atoms with Crippen LogP contribution in [0.2, 0.25) is 0 Å². The Balaban J connectivity index is 1.96. The first-order chi connectivity index (χ1) is 13.4. The minimum atomic E-state index is -0.413. The van der Waals surface area contributed by atoms with Crippen LogP contribution in [0.3, 0.4) is 0 Å². The zero-order chi connectivity index (χ0) is 20.3. The maximum absolute atomic E-state index is 12.5.